The van der Waals surface area contributed by atoms with E-state index in [1.807, 2.05) is 6.92 Å². The highest BCUT2D eigenvalue weighted by atomic mass is 32.1. The molecule has 10 heteroatoms. The summed E-state index contributed by atoms with van der Waals surface area (Å²) in [5.74, 6) is 0. The van der Waals surface area contributed by atoms with Crippen molar-refractivity contribution in [1.82, 2.24) is 10.6 Å². The second kappa shape index (κ2) is 7.57. The van der Waals surface area contributed by atoms with Crippen LogP contribution in [-0.2, 0) is 9.47 Å². The number of rotatable bonds is 3. The van der Waals surface area contributed by atoms with Gasteiger partial charge in [0.2, 0.25) is 0 Å². The van der Waals surface area contributed by atoms with Crippen LogP contribution in [0.1, 0.15) is 13.3 Å². The molecule has 8 nitrogen and oxygen atoms in total. The first-order chi connectivity index (χ1) is 7.85. The molecule has 96 valence electrons. The van der Waals surface area contributed by atoms with Gasteiger partial charge in [0.15, 0.2) is 0 Å². The van der Waals surface area contributed by atoms with Gasteiger partial charge in [-0.2, -0.15) is 0 Å². The van der Waals surface area contributed by atoms with Crippen LogP contribution in [0.5, 0.6) is 0 Å². The van der Waals surface area contributed by atoms with Crippen LogP contribution >= 0.6 is 24.4 Å². The predicted molar refractivity (Wildman–Crippen MR) is 71.5 cm³/mol. The molecular weight excluding hydrogens is 264 g/mol. The SMILES string of the molecule is CCC(NC(=S)OC(=N)N)NC(=S)OC(=N)N. The Balaban J connectivity index is 4.15. The largest absolute Gasteiger partial charge is 0.399 e. The van der Waals surface area contributed by atoms with Crippen LogP contribution < -0.4 is 22.1 Å². The molecular formula is C7H14N6O2S2. The monoisotopic (exact) mass is 278 g/mol. The molecule has 0 fully saturated rings. The maximum atomic E-state index is 6.87. The molecule has 0 aromatic rings. The van der Waals surface area contributed by atoms with Crippen molar-refractivity contribution >= 4 is 46.8 Å². The second-order valence-electron chi connectivity index (χ2n) is 2.76. The molecule has 0 amide bonds. The Kier molecular flexibility index (Phi) is 6.82. The Morgan fingerprint density at radius 1 is 1.12 bits per heavy atom. The van der Waals surface area contributed by atoms with Crippen molar-refractivity contribution in [2.45, 2.75) is 19.5 Å². The predicted octanol–water partition coefficient (Wildman–Crippen LogP) is -0.708. The van der Waals surface area contributed by atoms with E-state index in [-0.39, 0.29) is 16.5 Å². The van der Waals surface area contributed by atoms with Crippen molar-refractivity contribution in [3.05, 3.63) is 0 Å². The van der Waals surface area contributed by atoms with Gasteiger partial charge in [0.1, 0.15) is 6.17 Å². The minimum absolute atomic E-state index is 0.0672. The molecule has 0 aromatic carbocycles. The summed E-state index contributed by atoms with van der Waals surface area (Å²) in [7, 11) is 0. The van der Waals surface area contributed by atoms with Crippen LogP contribution in [0, 0.1) is 10.8 Å². The van der Waals surface area contributed by atoms with Crippen LogP contribution in [0.3, 0.4) is 0 Å². The van der Waals surface area contributed by atoms with Gasteiger partial charge in [-0.15, -0.1) is 0 Å². The maximum Gasteiger partial charge on any atom is 0.286 e. The fourth-order valence-corrected chi connectivity index (χ4v) is 1.25. The van der Waals surface area contributed by atoms with E-state index in [1.54, 1.807) is 0 Å². The first-order valence-corrected chi connectivity index (χ1v) is 5.31. The fourth-order valence-electron chi connectivity index (χ4n) is 0.783. The number of amidine groups is 2. The number of nitrogens with two attached hydrogens (primary N) is 2. The third-order valence-corrected chi connectivity index (χ3v) is 1.80. The summed E-state index contributed by atoms with van der Waals surface area (Å²) in [6.07, 6.45) is 0.205. The summed E-state index contributed by atoms with van der Waals surface area (Å²) in [6, 6.07) is -1.03. The highest BCUT2D eigenvalue weighted by molar-refractivity contribution is 7.80. The van der Waals surface area contributed by atoms with E-state index < -0.39 is 12.0 Å². The molecule has 17 heavy (non-hydrogen) atoms. The highest BCUT2D eigenvalue weighted by Gasteiger charge is 2.11. The van der Waals surface area contributed by atoms with Crippen LogP contribution in [0.4, 0.5) is 0 Å². The van der Waals surface area contributed by atoms with Gasteiger partial charge in [0.05, 0.1) is 0 Å². The van der Waals surface area contributed by atoms with Crippen molar-refractivity contribution in [2.75, 3.05) is 0 Å². The summed E-state index contributed by atoms with van der Waals surface area (Å²) in [4.78, 5) is 0. The van der Waals surface area contributed by atoms with Crippen LogP contribution in [0.2, 0.25) is 0 Å². The van der Waals surface area contributed by atoms with Gasteiger partial charge < -0.3 is 31.6 Å². The van der Waals surface area contributed by atoms with E-state index in [0.29, 0.717) is 6.42 Å². The molecule has 0 aliphatic rings. The molecule has 0 radical (unpaired) electrons. The smallest absolute Gasteiger partial charge is 0.286 e. The summed E-state index contributed by atoms with van der Waals surface area (Å²) < 4.78 is 9.27. The minimum Gasteiger partial charge on any atom is -0.399 e. The molecule has 0 aliphatic heterocycles. The summed E-state index contributed by atoms with van der Waals surface area (Å²) in [5, 5.41) is 19.0. The zero-order valence-electron chi connectivity index (χ0n) is 9.07. The fraction of sp³-hybridized carbons (Fsp3) is 0.429. The molecule has 0 saturated heterocycles. The highest BCUT2D eigenvalue weighted by Crippen LogP contribution is 1.90. The van der Waals surface area contributed by atoms with Gasteiger partial charge in [-0.3, -0.25) is 10.8 Å². The van der Waals surface area contributed by atoms with E-state index in [2.05, 4.69) is 20.1 Å². The minimum atomic E-state index is -0.514. The van der Waals surface area contributed by atoms with Crippen LogP contribution in [0.25, 0.3) is 0 Å². The van der Waals surface area contributed by atoms with Gasteiger partial charge in [-0.25, -0.2) is 0 Å². The van der Waals surface area contributed by atoms with Crippen molar-refractivity contribution in [3.63, 3.8) is 0 Å². The van der Waals surface area contributed by atoms with E-state index >= 15 is 0 Å². The van der Waals surface area contributed by atoms with Gasteiger partial charge >= 0.3 is 0 Å². The van der Waals surface area contributed by atoms with Gasteiger partial charge in [0, 0.05) is 0 Å². The number of ether oxygens (including phenoxy) is 2. The molecule has 0 spiro atoms. The second-order valence-corrected chi connectivity index (χ2v) is 3.50. The van der Waals surface area contributed by atoms with Crippen molar-refractivity contribution < 1.29 is 9.47 Å². The molecule has 0 saturated carbocycles. The Bertz CT molecular complexity index is 304. The third-order valence-electron chi connectivity index (χ3n) is 1.40. The maximum absolute atomic E-state index is 6.87. The first-order valence-electron chi connectivity index (χ1n) is 4.49. The number of thiocarbonyl (C=S) groups is 2. The third kappa shape index (κ3) is 8.16. The Labute approximate surface area is 109 Å². The summed E-state index contributed by atoms with van der Waals surface area (Å²) in [5.41, 5.74) is 9.99. The van der Waals surface area contributed by atoms with Crippen LogP contribution in [0.15, 0.2) is 0 Å². The molecule has 0 atom stereocenters. The molecule has 0 aliphatic carbocycles. The molecule has 0 unspecified atom stereocenters. The lowest BCUT2D eigenvalue weighted by molar-refractivity contribution is 0.435. The molecule has 8 N–H and O–H groups in total. The lowest BCUT2D eigenvalue weighted by Gasteiger charge is -2.20. The van der Waals surface area contributed by atoms with Gasteiger partial charge in [-0.1, -0.05) is 6.92 Å². The quantitative estimate of drug-likeness (QED) is 0.172. The molecule has 0 rings (SSSR count). The van der Waals surface area contributed by atoms with E-state index in [9.17, 15) is 0 Å². The van der Waals surface area contributed by atoms with Crippen molar-refractivity contribution in [2.24, 2.45) is 11.5 Å². The standard InChI is InChI=1S/C7H14N6O2S2/c1-2-3(12-6(16)14-4(8)9)13-7(17)15-5(10)11/h3H,2H2,1H3,(H3,8,9)(H3,10,11)(H,12,16)(H,13,17). The Hall–Kier alpha value is -1.68. The van der Waals surface area contributed by atoms with E-state index in [4.69, 9.17) is 46.7 Å². The number of hydrogen-bond donors (Lipinski definition) is 6. The Morgan fingerprint density at radius 3 is 1.71 bits per heavy atom. The zero-order valence-corrected chi connectivity index (χ0v) is 10.7. The summed E-state index contributed by atoms with van der Waals surface area (Å²) >= 11 is 9.54. The van der Waals surface area contributed by atoms with Crippen molar-refractivity contribution in [1.29, 1.82) is 10.8 Å². The number of hydrogen-bond acceptors (Lipinski definition) is 6. The van der Waals surface area contributed by atoms with Gasteiger partial charge in [0.25, 0.3) is 22.4 Å². The van der Waals surface area contributed by atoms with E-state index in [1.165, 1.54) is 0 Å². The average Bonchev–Trinajstić information content (AvgIpc) is 2.13. The normalized spacial score (nSPS) is 10.9. The van der Waals surface area contributed by atoms with Gasteiger partial charge in [-0.05, 0) is 30.9 Å². The number of nitrogens with one attached hydrogen (secondary N) is 4. The lowest BCUT2D eigenvalue weighted by Crippen LogP contribution is -2.49. The molecule has 0 heterocycles. The zero-order chi connectivity index (χ0) is 13.4. The summed E-state index contributed by atoms with van der Waals surface area (Å²) in [6.45, 7) is 1.84. The van der Waals surface area contributed by atoms with Crippen LogP contribution in [-0.4, -0.2) is 28.6 Å². The van der Waals surface area contributed by atoms with Crippen molar-refractivity contribution in [3.8, 4) is 0 Å². The van der Waals surface area contributed by atoms with E-state index in [0.717, 1.165) is 0 Å². The molecule has 0 aromatic heterocycles. The lowest BCUT2D eigenvalue weighted by atomic mass is 10.4. The Morgan fingerprint density at radius 2 is 1.47 bits per heavy atom. The average molecular weight is 278 g/mol. The molecule has 0 bridgehead atoms. The topological polar surface area (TPSA) is 142 Å². The first kappa shape index (κ1) is 15.3.